The van der Waals surface area contributed by atoms with Gasteiger partial charge in [0.15, 0.2) is 29.4 Å². The van der Waals surface area contributed by atoms with Crippen LogP contribution in [-0.4, -0.2) is 56.4 Å². The molecule has 3 aromatic heterocycles. The second-order valence-electron chi connectivity index (χ2n) is 6.83. The fraction of sp³-hybridized carbons (Fsp3) is 0.389. The number of nitrogens with one attached hydrogen (secondary N) is 2. The zero-order chi connectivity index (χ0) is 21.3. The molecule has 10 nitrogen and oxygen atoms in total. The molecule has 2 N–H and O–H groups in total. The van der Waals surface area contributed by atoms with E-state index in [-0.39, 0.29) is 29.6 Å². The summed E-state index contributed by atoms with van der Waals surface area (Å²) in [4.78, 5) is 17.9. The van der Waals surface area contributed by atoms with Gasteiger partial charge >= 0.3 is 0 Å². The maximum atomic E-state index is 15.2. The van der Waals surface area contributed by atoms with E-state index in [9.17, 15) is 4.39 Å². The third-order valence-corrected chi connectivity index (χ3v) is 4.52. The molecule has 0 saturated carbocycles. The number of aromatic amines is 1. The molecule has 0 spiro atoms. The van der Waals surface area contributed by atoms with Gasteiger partial charge in [-0.05, 0) is 13.8 Å². The minimum atomic E-state index is -0.772. The molecule has 0 radical (unpaired) electrons. The van der Waals surface area contributed by atoms with Crippen molar-refractivity contribution in [2.24, 2.45) is 0 Å². The summed E-state index contributed by atoms with van der Waals surface area (Å²) in [5.41, 5.74) is 0.837. The van der Waals surface area contributed by atoms with Gasteiger partial charge in [-0.15, -0.1) is 0 Å². The number of H-pyrrole nitrogens is 1. The summed E-state index contributed by atoms with van der Waals surface area (Å²) in [5, 5.41) is 9.80. The molecule has 0 aliphatic carbocycles. The van der Waals surface area contributed by atoms with Crippen LogP contribution >= 0.6 is 0 Å². The van der Waals surface area contributed by atoms with E-state index in [1.54, 1.807) is 25.0 Å². The van der Waals surface area contributed by atoms with E-state index in [1.807, 2.05) is 6.92 Å². The van der Waals surface area contributed by atoms with E-state index in [1.165, 1.54) is 0 Å². The largest absolute Gasteiger partial charge is 0.464 e. The van der Waals surface area contributed by atoms with Crippen molar-refractivity contribution in [3.63, 3.8) is 0 Å². The van der Waals surface area contributed by atoms with Crippen LogP contribution in [0.25, 0.3) is 0 Å². The number of hydrogen-bond acceptors (Lipinski definition) is 9. The summed E-state index contributed by atoms with van der Waals surface area (Å²) < 4.78 is 39.1. The van der Waals surface area contributed by atoms with Crippen LogP contribution < -0.4 is 15.0 Å². The van der Waals surface area contributed by atoms with Crippen LogP contribution in [0, 0.1) is 18.6 Å². The summed E-state index contributed by atoms with van der Waals surface area (Å²) in [6, 6.07) is 1.76. The molecule has 1 aliphatic rings. The first-order valence-electron chi connectivity index (χ1n) is 9.21. The quantitative estimate of drug-likeness (QED) is 0.596. The fourth-order valence-electron chi connectivity index (χ4n) is 2.87. The Labute approximate surface area is 170 Å². The highest BCUT2D eigenvalue weighted by molar-refractivity contribution is 5.55. The zero-order valence-electron chi connectivity index (χ0n) is 16.6. The Morgan fingerprint density at radius 1 is 1.23 bits per heavy atom. The van der Waals surface area contributed by atoms with Crippen molar-refractivity contribution in [1.82, 2.24) is 30.1 Å². The lowest BCUT2D eigenvalue weighted by molar-refractivity contribution is 0.0777. The van der Waals surface area contributed by atoms with Gasteiger partial charge in [0.05, 0.1) is 18.5 Å². The second-order valence-corrected chi connectivity index (χ2v) is 6.83. The number of aromatic nitrogens is 6. The Hall–Kier alpha value is -3.41. The molecule has 12 heteroatoms. The molecule has 1 saturated heterocycles. The van der Waals surface area contributed by atoms with E-state index in [0.717, 1.165) is 18.1 Å². The first-order valence-corrected chi connectivity index (χ1v) is 9.21. The minimum Gasteiger partial charge on any atom is -0.464 e. The molecular weight excluding hydrogens is 398 g/mol. The van der Waals surface area contributed by atoms with Crippen molar-refractivity contribution in [3.8, 4) is 5.88 Å². The topological polar surface area (TPSA) is 114 Å². The minimum absolute atomic E-state index is 0.000622. The van der Waals surface area contributed by atoms with Crippen molar-refractivity contribution < 1.29 is 18.3 Å². The summed E-state index contributed by atoms with van der Waals surface area (Å²) in [5.74, 6) is -0.719. The highest BCUT2D eigenvalue weighted by atomic mass is 19.1. The van der Waals surface area contributed by atoms with Crippen LogP contribution in [0.1, 0.15) is 24.5 Å². The normalized spacial score (nSPS) is 15.0. The summed E-state index contributed by atoms with van der Waals surface area (Å²) in [7, 11) is 1.60. The molecule has 0 unspecified atom stereocenters. The van der Waals surface area contributed by atoms with Crippen LogP contribution in [0.3, 0.4) is 0 Å². The molecule has 3 aromatic rings. The first kappa shape index (κ1) is 19.9. The lowest BCUT2D eigenvalue weighted by Gasteiger charge is -2.39. The Balaban J connectivity index is 1.63. The SMILES string of the molecule is COC1CN(c2nc(Nc3cc(C)[nH]n3)nc(O[C@@H](C)c3ncc(F)cn3)c2F)C1. The van der Waals surface area contributed by atoms with E-state index in [0.29, 0.717) is 18.9 Å². The van der Waals surface area contributed by atoms with Crippen molar-refractivity contribution in [3.05, 3.63) is 41.6 Å². The number of halogens is 2. The Morgan fingerprint density at radius 2 is 1.97 bits per heavy atom. The van der Waals surface area contributed by atoms with Gasteiger partial charge in [-0.3, -0.25) is 5.10 Å². The molecule has 30 heavy (non-hydrogen) atoms. The van der Waals surface area contributed by atoms with Crippen LogP contribution in [0.5, 0.6) is 5.88 Å². The van der Waals surface area contributed by atoms with Gasteiger partial charge < -0.3 is 19.7 Å². The summed E-state index contributed by atoms with van der Waals surface area (Å²) >= 11 is 0. The number of nitrogens with zero attached hydrogens (tertiary/aromatic N) is 6. The number of anilines is 3. The monoisotopic (exact) mass is 418 g/mol. The van der Waals surface area contributed by atoms with Crippen molar-refractivity contribution >= 4 is 17.6 Å². The van der Waals surface area contributed by atoms with Gasteiger partial charge in [0.1, 0.15) is 0 Å². The third kappa shape index (κ3) is 4.13. The Bertz CT molecular complexity index is 1020. The van der Waals surface area contributed by atoms with Gasteiger partial charge in [-0.2, -0.15) is 19.5 Å². The molecule has 1 atom stereocenters. The standard InChI is InChI=1S/C18H20F2N8O2/c1-9-4-13(27-26-9)23-18-24-16(28-7-12(8-28)29-3)14(20)17(25-18)30-10(2)15-21-5-11(19)6-22-15/h4-6,10,12H,7-8H2,1-3H3,(H2,23,24,25,26,27)/t10-/m0/s1. The summed E-state index contributed by atoms with van der Waals surface area (Å²) in [6.45, 7) is 4.44. The Morgan fingerprint density at radius 3 is 2.60 bits per heavy atom. The number of hydrogen-bond donors (Lipinski definition) is 2. The number of aryl methyl sites for hydroxylation is 1. The van der Waals surface area contributed by atoms with Gasteiger partial charge in [-0.1, -0.05) is 0 Å². The van der Waals surface area contributed by atoms with Crippen molar-refractivity contribution in [2.45, 2.75) is 26.1 Å². The van der Waals surface area contributed by atoms with E-state index in [2.05, 4.69) is 35.5 Å². The average Bonchev–Trinajstić information content (AvgIpc) is 3.09. The molecule has 0 aromatic carbocycles. The Kier molecular flexibility index (Phi) is 5.40. The van der Waals surface area contributed by atoms with Crippen LogP contribution in [0.4, 0.5) is 26.4 Å². The molecule has 4 rings (SSSR count). The zero-order valence-corrected chi connectivity index (χ0v) is 16.6. The number of rotatable bonds is 7. The molecule has 1 aliphatic heterocycles. The van der Waals surface area contributed by atoms with E-state index < -0.39 is 17.7 Å². The molecule has 0 amide bonds. The highest BCUT2D eigenvalue weighted by Gasteiger charge is 2.32. The van der Waals surface area contributed by atoms with Crippen LogP contribution in [0.15, 0.2) is 18.5 Å². The van der Waals surface area contributed by atoms with Crippen LogP contribution in [-0.2, 0) is 4.74 Å². The lowest BCUT2D eigenvalue weighted by Crippen LogP contribution is -2.52. The highest BCUT2D eigenvalue weighted by Crippen LogP contribution is 2.32. The van der Waals surface area contributed by atoms with E-state index in [4.69, 9.17) is 9.47 Å². The fourth-order valence-corrected chi connectivity index (χ4v) is 2.87. The molecule has 0 bridgehead atoms. The smallest absolute Gasteiger partial charge is 0.258 e. The lowest BCUT2D eigenvalue weighted by atomic mass is 10.1. The number of ether oxygens (including phenoxy) is 2. The van der Waals surface area contributed by atoms with Crippen molar-refractivity contribution in [1.29, 1.82) is 0 Å². The van der Waals surface area contributed by atoms with Gasteiger partial charge in [0.2, 0.25) is 11.8 Å². The predicted octanol–water partition coefficient (Wildman–Crippen LogP) is 2.29. The molecular formula is C18H20F2N8O2. The number of methoxy groups -OCH3 is 1. The second kappa shape index (κ2) is 8.14. The molecule has 158 valence electrons. The maximum absolute atomic E-state index is 15.2. The average molecular weight is 418 g/mol. The van der Waals surface area contributed by atoms with Crippen LogP contribution in [0.2, 0.25) is 0 Å². The first-order chi connectivity index (χ1) is 14.4. The maximum Gasteiger partial charge on any atom is 0.258 e. The predicted molar refractivity (Wildman–Crippen MR) is 103 cm³/mol. The van der Waals surface area contributed by atoms with Gasteiger partial charge in [-0.25, -0.2) is 14.4 Å². The van der Waals surface area contributed by atoms with Crippen molar-refractivity contribution in [2.75, 3.05) is 30.4 Å². The molecule has 1 fully saturated rings. The third-order valence-electron chi connectivity index (χ3n) is 4.52. The molecule has 4 heterocycles. The van der Waals surface area contributed by atoms with E-state index >= 15 is 4.39 Å². The van der Waals surface area contributed by atoms with Gasteiger partial charge in [0.25, 0.3) is 5.88 Å². The summed E-state index contributed by atoms with van der Waals surface area (Å²) in [6.07, 6.45) is 1.26. The van der Waals surface area contributed by atoms with Gasteiger partial charge in [0, 0.05) is 32.0 Å².